The summed E-state index contributed by atoms with van der Waals surface area (Å²) in [4.78, 5) is 26.1. The van der Waals surface area contributed by atoms with Gasteiger partial charge in [0.15, 0.2) is 5.78 Å². The van der Waals surface area contributed by atoms with Crippen LogP contribution in [-0.4, -0.2) is 31.0 Å². The molecule has 0 atom stereocenters. The van der Waals surface area contributed by atoms with Gasteiger partial charge in [-0.15, -0.1) is 0 Å². The number of carbonyl (C=O) groups is 2. The zero-order chi connectivity index (χ0) is 17.9. The van der Waals surface area contributed by atoms with Crippen LogP contribution in [0.1, 0.15) is 37.7 Å². The number of nitrogens with one attached hydrogen (secondary N) is 1. The van der Waals surface area contributed by atoms with E-state index in [2.05, 4.69) is 4.98 Å². The molecule has 2 rings (SSSR count). The highest BCUT2D eigenvalue weighted by Crippen LogP contribution is 2.26. The lowest BCUT2D eigenvalue weighted by molar-refractivity contribution is -0.255. The molecule has 2 aromatic rings. The molecule has 0 unspecified atom stereocenters. The number of carboxylic acid groups (broad SMARTS) is 1. The number of aromatic amines is 1. The van der Waals surface area contributed by atoms with Crippen LogP contribution in [0.5, 0.6) is 11.5 Å². The summed E-state index contributed by atoms with van der Waals surface area (Å²) in [5, 5.41) is 11.0. The van der Waals surface area contributed by atoms with Crippen LogP contribution < -0.4 is 14.6 Å². The van der Waals surface area contributed by atoms with Gasteiger partial charge in [-0.3, -0.25) is 4.79 Å². The molecular formula is C18H18NO5-. The summed E-state index contributed by atoms with van der Waals surface area (Å²) in [7, 11) is 3.08. The Morgan fingerprint density at radius 2 is 1.88 bits per heavy atom. The molecule has 1 aromatic heterocycles. The van der Waals surface area contributed by atoms with Crippen LogP contribution >= 0.6 is 0 Å². The third kappa shape index (κ3) is 3.32. The molecule has 6 nitrogen and oxygen atoms in total. The quantitative estimate of drug-likeness (QED) is 0.646. The number of H-pyrrole nitrogens is 1. The van der Waals surface area contributed by atoms with Crippen molar-refractivity contribution in [2.75, 3.05) is 14.2 Å². The average Bonchev–Trinajstić information content (AvgIpc) is 2.87. The zero-order valence-corrected chi connectivity index (χ0v) is 13.9. The second kappa shape index (κ2) is 7.04. The lowest BCUT2D eigenvalue weighted by atomic mass is 10.0. The first kappa shape index (κ1) is 17.3. The van der Waals surface area contributed by atoms with Crippen LogP contribution in [0.25, 0.3) is 6.08 Å². The molecular weight excluding hydrogens is 310 g/mol. The monoisotopic (exact) mass is 328 g/mol. The van der Waals surface area contributed by atoms with Gasteiger partial charge >= 0.3 is 0 Å². The number of aryl methyl sites for hydroxylation is 1. The third-order valence-corrected chi connectivity index (χ3v) is 3.74. The lowest BCUT2D eigenvalue weighted by Crippen LogP contribution is -2.23. The Labute approximate surface area is 139 Å². The van der Waals surface area contributed by atoms with Gasteiger partial charge in [0.2, 0.25) is 0 Å². The van der Waals surface area contributed by atoms with Crippen LogP contribution in [0.3, 0.4) is 0 Å². The highest BCUT2D eigenvalue weighted by atomic mass is 16.5. The van der Waals surface area contributed by atoms with Crippen LogP contribution in [0.4, 0.5) is 0 Å². The normalized spacial score (nSPS) is 10.8. The Morgan fingerprint density at radius 1 is 1.17 bits per heavy atom. The molecule has 0 bridgehead atoms. The van der Waals surface area contributed by atoms with Gasteiger partial charge in [-0.05, 0) is 43.7 Å². The highest BCUT2D eigenvalue weighted by molar-refractivity contribution is 6.10. The van der Waals surface area contributed by atoms with Crippen LogP contribution in [0.2, 0.25) is 0 Å². The number of aromatic carboxylic acids is 1. The number of benzene rings is 1. The van der Waals surface area contributed by atoms with Gasteiger partial charge in [0.05, 0.1) is 25.9 Å². The van der Waals surface area contributed by atoms with Crippen molar-refractivity contribution < 1.29 is 24.2 Å². The molecule has 126 valence electrons. The number of hydrogen-bond donors (Lipinski definition) is 1. The summed E-state index contributed by atoms with van der Waals surface area (Å²) in [6, 6.07) is 5.24. The maximum atomic E-state index is 12.4. The molecule has 0 aliphatic rings. The van der Waals surface area contributed by atoms with E-state index < -0.39 is 5.97 Å². The summed E-state index contributed by atoms with van der Waals surface area (Å²) in [6.07, 6.45) is 3.00. The minimum Gasteiger partial charge on any atom is -0.543 e. The van der Waals surface area contributed by atoms with E-state index in [-0.39, 0.29) is 11.5 Å². The van der Waals surface area contributed by atoms with Gasteiger partial charge in [0, 0.05) is 22.9 Å². The SMILES string of the molecule is COc1ccc(/C=C/C(=O)c2c(C)[nH]c(C(=O)[O-])c2C)c(OC)c1. The van der Waals surface area contributed by atoms with Crippen molar-refractivity contribution in [2.24, 2.45) is 0 Å². The number of ether oxygens (including phenoxy) is 2. The maximum absolute atomic E-state index is 12.4. The number of ketones is 1. The minimum atomic E-state index is -1.34. The molecule has 0 spiro atoms. The minimum absolute atomic E-state index is 0.0775. The van der Waals surface area contributed by atoms with Crippen molar-refractivity contribution in [3.8, 4) is 11.5 Å². The summed E-state index contributed by atoms with van der Waals surface area (Å²) >= 11 is 0. The number of carbonyl (C=O) groups excluding carboxylic acids is 2. The summed E-state index contributed by atoms with van der Waals surface area (Å²) in [5.74, 6) is -0.426. The Balaban J connectivity index is 2.33. The van der Waals surface area contributed by atoms with Crippen LogP contribution in [-0.2, 0) is 0 Å². The largest absolute Gasteiger partial charge is 0.543 e. The predicted molar refractivity (Wildman–Crippen MR) is 87.5 cm³/mol. The first-order valence-electron chi connectivity index (χ1n) is 7.24. The van der Waals surface area contributed by atoms with E-state index in [1.807, 2.05) is 0 Å². The molecule has 0 fully saturated rings. The summed E-state index contributed by atoms with van der Waals surface area (Å²) in [6.45, 7) is 3.22. The summed E-state index contributed by atoms with van der Waals surface area (Å²) in [5.41, 5.74) is 1.81. The van der Waals surface area contributed by atoms with E-state index in [0.717, 1.165) is 0 Å². The highest BCUT2D eigenvalue weighted by Gasteiger charge is 2.16. The Hall–Kier alpha value is -3.02. The van der Waals surface area contributed by atoms with Gasteiger partial charge in [-0.1, -0.05) is 0 Å². The Bertz CT molecular complexity index is 817. The number of methoxy groups -OCH3 is 2. The molecule has 0 amide bonds. The molecule has 24 heavy (non-hydrogen) atoms. The molecule has 1 aromatic carbocycles. The van der Waals surface area contributed by atoms with E-state index in [4.69, 9.17) is 9.47 Å². The van der Waals surface area contributed by atoms with Gasteiger partial charge in [-0.25, -0.2) is 0 Å². The van der Waals surface area contributed by atoms with E-state index in [1.165, 1.54) is 13.2 Å². The van der Waals surface area contributed by atoms with E-state index >= 15 is 0 Å². The molecule has 0 saturated carbocycles. The van der Waals surface area contributed by atoms with Crippen molar-refractivity contribution >= 4 is 17.8 Å². The first-order chi connectivity index (χ1) is 11.4. The number of rotatable bonds is 6. The van der Waals surface area contributed by atoms with E-state index in [1.54, 1.807) is 45.2 Å². The van der Waals surface area contributed by atoms with Crippen molar-refractivity contribution in [1.82, 2.24) is 4.98 Å². The number of carboxylic acids is 1. The second-order valence-electron chi connectivity index (χ2n) is 5.22. The fourth-order valence-electron chi connectivity index (χ4n) is 2.53. The van der Waals surface area contributed by atoms with Gasteiger partial charge in [0.1, 0.15) is 11.5 Å². The van der Waals surface area contributed by atoms with Crippen molar-refractivity contribution in [2.45, 2.75) is 13.8 Å². The molecule has 6 heteroatoms. The third-order valence-electron chi connectivity index (χ3n) is 3.74. The molecule has 0 aliphatic carbocycles. The summed E-state index contributed by atoms with van der Waals surface area (Å²) < 4.78 is 10.4. The first-order valence-corrected chi connectivity index (χ1v) is 7.24. The lowest BCUT2D eigenvalue weighted by Gasteiger charge is -2.07. The van der Waals surface area contributed by atoms with Crippen LogP contribution in [0.15, 0.2) is 24.3 Å². The fourth-order valence-corrected chi connectivity index (χ4v) is 2.53. The smallest absolute Gasteiger partial charge is 0.187 e. The van der Waals surface area contributed by atoms with Crippen molar-refractivity contribution in [3.05, 3.63) is 52.4 Å². The van der Waals surface area contributed by atoms with Gasteiger partial charge in [0.25, 0.3) is 0 Å². The Kier molecular flexibility index (Phi) is 5.08. The number of hydrogen-bond acceptors (Lipinski definition) is 5. The van der Waals surface area contributed by atoms with Gasteiger partial charge < -0.3 is 24.4 Å². The van der Waals surface area contributed by atoms with E-state index in [9.17, 15) is 14.7 Å². The molecule has 0 radical (unpaired) electrons. The van der Waals surface area contributed by atoms with Crippen LogP contribution in [0, 0.1) is 13.8 Å². The topological polar surface area (TPSA) is 91.5 Å². The van der Waals surface area contributed by atoms with Crippen molar-refractivity contribution in [3.63, 3.8) is 0 Å². The molecule has 0 saturated heterocycles. The second-order valence-corrected chi connectivity index (χ2v) is 5.22. The fraction of sp³-hybridized carbons (Fsp3) is 0.222. The van der Waals surface area contributed by atoms with E-state index in [0.29, 0.717) is 33.9 Å². The number of aromatic nitrogens is 1. The van der Waals surface area contributed by atoms with Gasteiger partial charge in [-0.2, -0.15) is 0 Å². The zero-order valence-electron chi connectivity index (χ0n) is 13.9. The predicted octanol–water partition coefficient (Wildman–Crippen LogP) is 1.91. The molecule has 0 aliphatic heterocycles. The molecule has 1 N–H and O–H groups in total. The maximum Gasteiger partial charge on any atom is 0.187 e. The molecule has 1 heterocycles. The number of allylic oxidation sites excluding steroid dienone is 1. The Morgan fingerprint density at radius 3 is 2.42 bits per heavy atom. The van der Waals surface area contributed by atoms with Crippen molar-refractivity contribution in [1.29, 1.82) is 0 Å². The standard InChI is InChI=1S/C18H19NO5/c1-10-16(11(2)19-17(10)18(21)22)14(20)8-6-12-5-7-13(23-3)9-15(12)24-4/h5-9,19H,1-4H3,(H,21,22)/p-1/b8-6+. The average molecular weight is 328 g/mol.